The van der Waals surface area contributed by atoms with Gasteiger partial charge in [0.05, 0.1) is 11.4 Å². The van der Waals surface area contributed by atoms with E-state index < -0.39 is 0 Å². The fourth-order valence-corrected chi connectivity index (χ4v) is 2.11. The zero-order chi connectivity index (χ0) is 15.7. The van der Waals surface area contributed by atoms with Gasteiger partial charge in [-0.3, -0.25) is 9.59 Å². The Labute approximate surface area is 127 Å². The molecule has 0 N–H and O–H groups in total. The van der Waals surface area contributed by atoms with Gasteiger partial charge in [-0.2, -0.15) is 10.2 Å². The Hall–Kier alpha value is -3.02. The van der Waals surface area contributed by atoms with E-state index in [9.17, 15) is 9.59 Å². The minimum Gasteiger partial charge on any atom is -0.267 e. The highest BCUT2D eigenvalue weighted by Crippen LogP contribution is 2.10. The molecule has 0 aliphatic carbocycles. The summed E-state index contributed by atoms with van der Waals surface area (Å²) in [7, 11) is 0. The number of aromatic nitrogens is 4. The molecule has 110 valence electrons. The van der Waals surface area contributed by atoms with Gasteiger partial charge in [-0.15, -0.1) is 0 Å². The predicted molar refractivity (Wildman–Crippen MR) is 79.8 cm³/mol. The van der Waals surface area contributed by atoms with Crippen molar-refractivity contribution in [3.05, 3.63) is 71.3 Å². The van der Waals surface area contributed by atoms with Crippen LogP contribution in [0.4, 0.5) is 0 Å². The Morgan fingerprint density at radius 1 is 0.818 bits per heavy atom. The number of carbonyl (C=O) groups excluding carboxylic acids is 2. The number of hydrogen-bond acceptors (Lipinski definition) is 4. The summed E-state index contributed by atoms with van der Waals surface area (Å²) >= 11 is 0. The number of carbonyl (C=O) groups is 2. The summed E-state index contributed by atoms with van der Waals surface area (Å²) in [6.07, 6.45) is 3.20. The van der Waals surface area contributed by atoms with Gasteiger partial charge < -0.3 is 0 Å². The average molecular weight is 294 g/mol. The van der Waals surface area contributed by atoms with Crippen LogP contribution in [0.25, 0.3) is 0 Å². The highest BCUT2D eigenvalue weighted by Gasteiger charge is 2.14. The molecule has 0 atom stereocenters. The number of hydrogen-bond donors (Lipinski definition) is 0. The van der Waals surface area contributed by atoms with Crippen molar-refractivity contribution in [1.82, 2.24) is 19.6 Å². The largest absolute Gasteiger partial charge is 0.278 e. The van der Waals surface area contributed by atoms with Crippen LogP contribution in [0.1, 0.15) is 32.1 Å². The number of aryl methyl sites for hydroxylation is 2. The Morgan fingerprint density at radius 3 is 1.64 bits per heavy atom. The third kappa shape index (κ3) is 2.58. The van der Waals surface area contributed by atoms with Crippen molar-refractivity contribution in [2.75, 3.05) is 0 Å². The van der Waals surface area contributed by atoms with Crippen LogP contribution in [0.5, 0.6) is 0 Å². The lowest BCUT2D eigenvalue weighted by atomic mass is 10.1. The quantitative estimate of drug-likeness (QED) is 0.725. The minimum atomic E-state index is -0.278. The van der Waals surface area contributed by atoms with Gasteiger partial charge >= 0.3 is 0 Å². The van der Waals surface area contributed by atoms with E-state index in [1.54, 1.807) is 48.8 Å². The summed E-state index contributed by atoms with van der Waals surface area (Å²) in [6, 6.07) is 10.0. The molecule has 6 heteroatoms. The molecule has 0 bridgehead atoms. The molecule has 0 unspecified atom stereocenters. The summed E-state index contributed by atoms with van der Waals surface area (Å²) in [5, 5.41) is 8.18. The Kier molecular flexibility index (Phi) is 3.42. The Balaban J connectivity index is 1.92. The Morgan fingerprint density at radius 2 is 1.27 bits per heavy atom. The van der Waals surface area contributed by atoms with E-state index in [4.69, 9.17) is 0 Å². The lowest BCUT2D eigenvalue weighted by Gasteiger charge is -2.04. The van der Waals surface area contributed by atoms with Crippen LogP contribution in [0.15, 0.2) is 48.8 Å². The van der Waals surface area contributed by atoms with E-state index in [-0.39, 0.29) is 11.8 Å². The van der Waals surface area contributed by atoms with Gasteiger partial charge in [0.2, 0.25) is 0 Å². The molecule has 6 nitrogen and oxygen atoms in total. The van der Waals surface area contributed by atoms with Crippen molar-refractivity contribution in [1.29, 1.82) is 0 Å². The lowest BCUT2D eigenvalue weighted by Crippen LogP contribution is -2.16. The van der Waals surface area contributed by atoms with Crippen molar-refractivity contribution in [2.45, 2.75) is 13.8 Å². The monoisotopic (exact) mass is 294 g/mol. The van der Waals surface area contributed by atoms with Gasteiger partial charge in [-0.1, -0.05) is 6.07 Å². The minimum absolute atomic E-state index is 0.278. The SMILES string of the molecule is Cc1ccn(C(=O)c2cccc(C(=O)n3ccc(C)n3)c2)n1. The van der Waals surface area contributed by atoms with E-state index in [2.05, 4.69) is 10.2 Å². The molecule has 0 aliphatic heterocycles. The first-order valence-electron chi connectivity index (χ1n) is 6.78. The van der Waals surface area contributed by atoms with Crippen LogP contribution >= 0.6 is 0 Å². The van der Waals surface area contributed by atoms with E-state index >= 15 is 0 Å². The fraction of sp³-hybridized carbons (Fsp3) is 0.125. The summed E-state index contributed by atoms with van der Waals surface area (Å²) in [5.41, 5.74) is 2.32. The zero-order valence-electron chi connectivity index (χ0n) is 12.2. The molecule has 2 aromatic heterocycles. The fourth-order valence-electron chi connectivity index (χ4n) is 2.11. The van der Waals surface area contributed by atoms with E-state index in [0.717, 1.165) is 11.4 Å². The maximum Gasteiger partial charge on any atom is 0.278 e. The highest BCUT2D eigenvalue weighted by atomic mass is 16.2. The molecular weight excluding hydrogens is 280 g/mol. The number of rotatable bonds is 2. The molecule has 0 saturated carbocycles. The molecule has 3 rings (SSSR count). The second-order valence-electron chi connectivity index (χ2n) is 4.99. The van der Waals surface area contributed by atoms with Gasteiger partial charge in [0.1, 0.15) is 0 Å². The second-order valence-corrected chi connectivity index (χ2v) is 4.99. The first-order valence-corrected chi connectivity index (χ1v) is 6.78. The summed E-state index contributed by atoms with van der Waals surface area (Å²) < 4.78 is 2.52. The van der Waals surface area contributed by atoms with Crippen molar-refractivity contribution < 1.29 is 9.59 Å². The van der Waals surface area contributed by atoms with Gasteiger partial charge in [0.25, 0.3) is 11.8 Å². The van der Waals surface area contributed by atoms with Crippen LogP contribution in [-0.4, -0.2) is 31.4 Å². The highest BCUT2D eigenvalue weighted by molar-refractivity contribution is 6.00. The molecule has 1 aromatic carbocycles. The molecule has 0 aliphatic rings. The molecule has 0 saturated heterocycles. The second kappa shape index (κ2) is 5.40. The lowest BCUT2D eigenvalue weighted by molar-refractivity contribution is 0.0944. The first kappa shape index (κ1) is 13.9. The van der Waals surface area contributed by atoms with Crippen molar-refractivity contribution in [3.63, 3.8) is 0 Å². The molecule has 0 radical (unpaired) electrons. The molecule has 22 heavy (non-hydrogen) atoms. The third-order valence-electron chi connectivity index (χ3n) is 3.22. The summed E-state index contributed by atoms with van der Waals surface area (Å²) in [6.45, 7) is 3.62. The molecule has 0 spiro atoms. The van der Waals surface area contributed by atoms with Gasteiger partial charge in [0.15, 0.2) is 0 Å². The Bertz CT molecular complexity index is 793. The van der Waals surface area contributed by atoms with Crippen molar-refractivity contribution in [2.24, 2.45) is 0 Å². The number of nitrogens with zero attached hydrogens (tertiary/aromatic N) is 4. The van der Waals surface area contributed by atoms with E-state index in [1.807, 2.05) is 13.8 Å². The van der Waals surface area contributed by atoms with E-state index in [1.165, 1.54) is 9.36 Å². The standard InChI is InChI=1S/C16H14N4O2/c1-11-6-8-19(17-11)15(21)13-4-3-5-14(10-13)16(22)20-9-7-12(2)18-20/h3-10H,1-2H3. The molecule has 0 amide bonds. The van der Waals surface area contributed by atoms with Crippen molar-refractivity contribution >= 4 is 11.8 Å². The van der Waals surface area contributed by atoms with Crippen LogP contribution in [0.3, 0.4) is 0 Å². The third-order valence-corrected chi connectivity index (χ3v) is 3.22. The summed E-state index contributed by atoms with van der Waals surface area (Å²) in [5.74, 6) is -0.557. The maximum atomic E-state index is 12.3. The first-order chi connectivity index (χ1) is 10.5. The van der Waals surface area contributed by atoms with Gasteiger partial charge in [-0.05, 0) is 44.2 Å². The van der Waals surface area contributed by atoms with Gasteiger partial charge in [0, 0.05) is 23.5 Å². The predicted octanol–water partition coefficient (Wildman–Crippen LogP) is 2.07. The van der Waals surface area contributed by atoms with Crippen LogP contribution in [0.2, 0.25) is 0 Å². The van der Waals surface area contributed by atoms with E-state index in [0.29, 0.717) is 11.1 Å². The molecule has 2 heterocycles. The normalized spacial score (nSPS) is 10.6. The van der Waals surface area contributed by atoms with Crippen LogP contribution in [0, 0.1) is 13.8 Å². The summed E-state index contributed by atoms with van der Waals surface area (Å²) in [4.78, 5) is 24.7. The average Bonchev–Trinajstić information content (AvgIpc) is 3.14. The molecule has 0 fully saturated rings. The smallest absolute Gasteiger partial charge is 0.267 e. The van der Waals surface area contributed by atoms with Crippen LogP contribution in [-0.2, 0) is 0 Å². The molecular formula is C16H14N4O2. The van der Waals surface area contributed by atoms with Gasteiger partial charge in [-0.25, -0.2) is 9.36 Å². The topological polar surface area (TPSA) is 69.8 Å². The zero-order valence-corrected chi connectivity index (χ0v) is 12.2. The van der Waals surface area contributed by atoms with Crippen molar-refractivity contribution in [3.8, 4) is 0 Å². The number of benzene rings is 1. The molecule has 3 aromatic rings. The maximum absolute atomic E-state index is 12.3. The van der Waals surface area contributed by atoms with Crippen LogP contribution < -0.4 is 0 Å².